The lowest BCUT2D eigenvalue weighted by Gasteiger charge is -2.81. The van der Waals surface area contributed by atoms with Gasteiger partial charge in [0.05, 0.1) is 0 Å². The highest BCUT2D eigenvalue weighted by atomic mass is 14.8. The molecular weight excluding hydrogens is 168 g/mol. The maximum Gasteiger partial charge on any atom is -0.00572 e. The molecule has 0 radical (unpaired) electrons. The molecule has 2 fully saturated rings. The van der Waals surface area contributed by atoms with Gasteiger partial charge < -0.3 is 0 Å². The lowest BCUT2D eigenvalue weighted by atomic mass is 9.23. The highest BCUT2D eigenvalue weighted by molar-refractivity contribution is 5.31. The molecule has 0 saturated heterocycles. The zero-order valence-electron chi connectivity index (χ0n) is 10.6. The van der Waals surface area contributed by atoms with Crippen LogP contribution in [-0.4, -0.2) is 0 Å². The predicted octanol–water partition coefficient (Wildman–Crippen LogP) is 4.27. The third kappa shape index (κ3) is 0.677. The monoisotopic (exact) mass is 192 g/mol. The summed E-state index contributed by atoms with van der Waals surface area (Å²) in [5.74, 6) is 1.83. The van der Waals surface area contributed by atoms with Crippen LogP contribution in [0.5, 0.6) is 0 Å². The van der Waals surface area contributed by atoms with Gasteiger partial charge in [0.25, 0.3) is 0 Å². The third-order valence-electron chi connectivity index (χ3n) is 6.54. The summed E-state index contributed by atoms with van der Waals surface area (Å²) in [5, 5.41) is 0. The molecule has 0 unspecified atom stereocenters. The van der Waals surface area contributed by atoms with Crippen LogP contribution in [0, 0.1) is 28.1 Å². The van der Waals surface area contributed by atoms with Gasteiger partial charge in [-0.1, -0.05) is 46.8 Å². The first-order valence-electron chi connectivity index (χ1n) is 5.85. The Morgan fingerprint density at radius 1 is 1.21 bits per heavy atom. The minimum atomic E-state index is 0.397. The second-order valence-corrected chi connectivity index (χ2v) is 6.64. The molecule has 2 rings (SSSR count). The van der Waals surface area contributed by atoms with Crippen molar-refractivity contribution < 1.29 is 0 Å². The fraction of sp³-hybridized carbons (Fsp3) is 0.857. The molecule has 0 nitrogen and oxygen atoms in total. The van der Waals surface area contributed by atoms with Crippen molar-refractivity contribution in [3.8, 4) is 0 Å². The average Bonchev–Trinajstić information content (AvgIpc) is 2.10. The molecule has 0 N–H and O–H groups in total. The van der Waals surface area contributed by atoms with Crippen molar-refractivity contribution in [3.05, 3.63) is 12.2 Å². The molecule has 0 aliphatic heterocycles. The summed E-state index contributed by atoms with van der Waals surface area (Å²) in [5.41, 5.74) is 2.78. The normalized spacial score (nSPS) is 54.1. The minimum absolute atomic E-state index is 0.397. The van der Waals surface area contributed by atoms with Gasteiger partial charge in [-0.2, -0.15) is 0 Å². The van der Waals surface area contributed by atoms with E-state index in [2.05, 4.69) is 48.1 Å². The maximum atomic E-state index is 4.20. The second-order valence-electron chi connectivity index (χ2n) is 6.64. The smallest absolute Gasteiger partial charge is 0.00572 e. The van der Waals surface area contributed by atoms with E-state index in [1.807, 2.05) is 0 Å². The van der Waals surface area contributed by atoms with E-state index in [4.69, 9.17) is 0 Å². The molecule has 0 heterocycles. The SMILES string of the molecule is C=C(C)[C@]1(C)C[C@@H]2[C@H](C)C(C)(C)[C@@]21C. The van der Waals surface area contributed by atoms with Crippen molar-refractivity contribution in [1.82, 2.24) is 0 Å². The van der Waals surface area contributed by atoms with Crippen LogP contribution in [0.25, 0.3) is 0 Å². The number of hydrogen-bond acceptors (Lipinski definition) is 0. The van der Waals surface area contributed by atoms with Crippen LogP contribution in [0.3, 0.4) is 0 Å². The largest absolute Gasteiger partial charge is 0.0996 e. The molecule has 0 heteroatoms. The molecule has 0 amide bonds. The van der Waals surface area contributed by atoms with Crippen molar-refractivity contribution in [1.29, 1.82) is 0 Å². The Bertz CT molecular complexity index is 299. The van der Waals surface area contributed by atoms with E-state index in [-0.39, 0.29) is 0 Å². The van der Waals surface area contributed by atoms with Crippen molar-refractivity contribution in [2.45, 2.75) is 48.0 Å². The molecule has 0 aromatic carbocycles. The molecule has 80 valence electrons. The van der Waals surface area contributed by atoms with E-state index in [9.17, 15) is 0 Å². The highest BCUT2D eigenvalue weighted by Crippen LogP contribution is 2.82. The number of allylic oxidation sites excluding steroid dienone is 1. The van der Waals surface area contributed by atoms with Gasteiger partial charge in [0.2, 0.25) is 0 Å². The minimum Gasteiger partial charge on any atom is -0.0996 e. The molecule has 2 aliphatic rings. The van der Waals surface area contributed by atoms with E-state index < -0.39 is 0 Å². The van der Waals surface area contributed by atoms with E-state index in [0.29, 0.717) is 16.2 Å². The molecule has 2 aliphatic carbocycles. The van der Waals surface area contributed by atoms with E-state index in [1.54, 1.807) is 0 Å². The Morgan fingerprint density at radius 3 is 2.07 bits per heavy atom. The van der Waals surface area contributed by atoms with Crippen LogP contribution in [-0.2, 0) is 0 Å². The fourth-order valence-corrected chi connectivity index (χ4v) is 4.50. The average molecular weight is 192 g/mol. The van der Waals surface area contributed by atoms with Gasteiger partial charge in [-0.3, -0.25) is 0 Å². The summed E-state index contributed by atoms with van der Waals surface area (Å²) in [6, 6.07) is 0. The predicted molar refractivity (Wildman–Crippen MR) is 62.1 cm³/mol. The van der Waals surface area contributed by atoms with Crippen LogP contribution >= 0.6 is 0 Å². The first-order valence-corrected chi connectivity index (χ1v) is 5.85. The van der Waals surface area contributed by atoms with Gasteiger partial charge in [-0.15, -0.1) is 0 Å². The van der Waals surface area contributed by atoms with Crippen LogP contribution < -0.4 is 0 Å². The first kappa shape index (κ1) is 10.3. The summed E-state index contributed by atoms with van der Waals surface area (Å²) in [4.78, 5) is 0. The van der Waals surface area contributed by atoms with E-state index in [1.165, 1.54) is 12.0 Å². The summed E-state index contributed by atoms with van der Waals surface area (Å²) in [7, 11) is 0. The Labute approximate surface area is 88.8 Å². The van der Waals surface area contributed by atoms with Gasteiger partial charge in [0.1, 0.15) is 0 Å². The van der Waals surface area contributed by atoms with Gasteiger partial charge >= 0.3 is 0 Å². The highest BCUT2D eigenvalue weighted by Gasteiger charge is 2.76. The standard InChI is InChI=1S/C14H24/c1-9(2)13(6)8-11-10(3)12(4,5)14(11,13)7/h10-11H,1,8H2,2-7H3/t10-,11+,13-,14+/m0/s1. The second kappa shape index (κ2) is 2.28. The number of fused-ring (bicyclic) bond motifs is 1. The summed E-state index contributed by atoms with van der Waals surface area (Å²) >= 11 is 0. The summed E-state index contributed by atoms with van der Waals surface area (Å²) < 4.78 is 0. The van der Waals surface area contributed by atoms with E-state index in [0.717, 1.165) is 11.8 Å². The van der Waals surface area contributed by atoms with Crippen molar-refractivity contribution >= 4 is 0 Å². The van der Waals surface area contributed by atoms with E-state index >= 15 is 0 Å². The quantitative estimate of drug-likeness (QED) is 0.544. The van der Waals surface area contributed by atoms with Gasteiger partial charge in [0, 0.05) is 0 Å². The first-order chi connectivity index (χ1) is 6.19. The van der Waals surface area contributed by atoms with Gasteiger partial charge in [-0.05, 0) is 41.4 Å². The molecule has 0 aromatic heterocycles. The number of rotatable bonds is 1. The Balaban J connectivity index is 2.38. The Morgan fingerprint density at radius 2 is 1.71 bits per heavy atom. The van der Waals surface area contributed by atoms with Crippen LogP contribution in [0.1, 0.15) is 48.0 Å². The molecule has 4 atom stereocenters. The summed E-state index contributed by atoms with van der Waals surface area (Å²) in [6.45, 7) is 18.6. The molecule has 0 spiro atoms. The van der Waals surface area contributed by atoms with Crippen molar-refractivity contribution in [2.75, 3.05) is 0 Å². The Hall–Kier alpha value is -0.260. The van der Waals surface area contributed by atoms with Crippen LogP contribution in [0.15, 0.2) is 12.2 Å². The number of hydrogen-bond donors (Lipinski definition) is 0. The van der Waals surface area contributed by atoms with Gasteiger partial charge in [0.15, 0.2) is 0 Å². The molecule has 14 heavy (non-hydrogen) atoms. The molecular formula is C14H24. The van der Waals surface area contributed by atoms with Crippen LogP contribution in [0.4, 0.5) is 0 Å². The zero-order chi connectivity index (χ0) is 10.9. The molecule has 0 bridgehead atoms. The molecule has 0 aromatic rings. The topological polar surface area (TPSA) is 0 Å². The summed E-state index contributed by atoms with van der Waals surface area (Å²) in [6.07, 6.45) is 1.36. The zero-order valence-corrected chi connectivity index (χ0v) is 10.6. The Kier molecular flexibility index (Phi) is 1.67. The van der Waals surface area contributed by atoms with Crippen molar-refractivity contribution in [2.24, 2.45) is 28.1 Å². The van der Waals surface area contributed by atoms with Crippen LogP contribution in [0.2, 0.25) is 0 Å². The van der Waals surface area contributed by atoms with Crippen molar-refractivity contribution in [3.63, 3.8) is 0 Å². The molecule has 2 saturated carbocycles. The third-order valence-corrected chi connectivity index (χ3v) is 6.54. The lowest BCUT2D eigenvalue weighted by molar-refractivity contribution is -0.311. The lowest BCUT2D eigenvalue weighted by Crippen LogP contribution is -2.75. The maximum absolute atomic E-state index is 4.20. The van der Waals surface area contributed by atoms with Gasteiger partial charge in [-0.25, -0.2) is 0 Å². The fourth-order valence-electron chi connectivity index (χ4n) is 4.50.